The normalized spacial score (nSPS) is 17.4. The van der Waals surface area contributed by atoms with Crippen molar-refractivity contribution in [3.63, 3.8) is 0 Å². The standard InChI is InChI=1S/C12H16F2N2O2S/c1-7(4-8-2-3-8)16-19(17,18)11-6-9(15)5-10(13)12(11)14/h5-8,16H,2-4,15H2,1H3. The molecule has 0 radical (unpaired) electrons. The highest BCUT2D eigenvalue weighted by molar-refractivity contribution is 7.89. The molecule has 0 spiro atoms. The van der Waals surface area contributed by atoms with Crippen molar-refractivity contribution in [1.29, 1.82) is 0 Å². The fraction of sp³-hybridized carbons (Fsp3) is 0.500. The molecule has 4 nitrogen and oxygen atoms in total. The van der Waals surface area contributed by atoms with Crippen LogP contribution in [0.4, 0.5) is 14.5 Å². The summed E-state index contributed by atoms with van der Waals surface area (Å²) < 4.78 is 53.1. The van der Waals surface area contributed by atoms with E-state index in [9.17, 15) is 17.2 Å². The number of hydrogen-bond donors (Lipinski definition) is 2. The summed E-state index contributed by atoms with van der Waals surface area (Å²) in [5.74, 6) is -2.14. The van der Waals surface area contributed by atoms with Crippen LogP contribution < -0.4 is 10.5 Å². The monoisotopic (exact) mass is 290 g/mol. The van der Waals surface area contributed by atoms with E-state index >= 15 is 0 Å². The fourth-order valence-electron chi connectivity index (χ4n) is 2.01. The second-order valence-corrected chi connectivity index (χ2v) is 6.70. The molecule has 106 valence electrons. The number of anilines is 1. The fourth-order valence-corrected chi connectivity index (χ4v) is 3.39. The van der Waals surface area contributed by atoms with Gasteiger partial charge in [-0.3, -0.25) is 0 Å². The zero-order chi connectivity index (χ0) is 14.2. The lowest BCUT2D eigenvalue weighted by Crippen LogP contribution is -2.33. The average Bonchev–Trinajstić information content (AvgIpc) is 3.05. The minimum absolute atomic E-state index is 0.130. The molecule has 19 heavy (non-hydrogen) atoms. The maximum Gasteiger partial charge on any atom is 0.243 e. The molecule has 2 rings (SSSR count). The van der Waals surface area contributed by atoms with Gasteiger partial charge < -0.3 is 5.73 Å². The maximum absolute atomic E-state index is 13.6. The molecule has 0 amide bonds. The number of benzene rings is 1. The van der Waals surface area contributed by atoms with Crippen molar-refractivity contribution in [2.75, 3.05) is 5.73 Å². The Balaban J connectivity index is 2.23. The molecule has 1 aliphatic rings. The summed E-state index contributed by atoms with van der Waals surface area (Å²) in [7, 11) is -4.10. The molecular formula is C12H16F2N2O2S. The highest BCUT2D eigenvalue weighted by Gasteiger charge is 2.28. The van der Waals surface area contributed by atoms with Crippen molar-refractivity contribution in [2.24, 2.45) is 5.92 Å². The van der Waals surface area contributed by atoms with E-state index in [0.717, 1.165) is 25.0 Å². The predicted molar refractivity (Wildman–Crippen MR) is 67.9 cm³/mol. The molecule has 1 aromatic rings. The van der Waals surface area contributed by atoms with Crippen molar-refractivity contribution >= 4 is 15.7 Å². The Hall–Kier alpha value is -1.21. The highest BCUT2D eigenvalue weighted by Crippen LogP contribution is 2.33. The van der Waals surface area contributed by atoms with E-state index in [0.29, 0.717) is 12.3 Å². The quantitative estimate of drug-likeness (QED) is 0.815. The summed E-state index contributed by atoms with van der Waals surface area (Å²) >= 11 is 0. The van der Waals surface area contributed by atoms with Gasteiger partial charge in [-0.25, -0.2) is 21.9 Å². The van der Waals surface area contributed by atoms with Crippen LogP contribution >= 0.6 is 0 Å². The van der Waals surface area contributed by atoms with Crippen LogP contribution in [0.15, 0.2) is 17.0 Å². The summed E-state index contributed by atoms with van der Waals surface area (Å²) in [5.41, 5.74) is 5.22. The van der Waals surface area contributed by atoms with Gasteiger partial charge in [-0.1, -0.05) is 12.8 Å². The molecule has 3 N–H and O–H groups in total. The largest absolute Gasteiger partial charge is 0.399 e. The van der Waals surface area contributed by atoms with Crippen LogP contribution in [0.5, 0.6) is 0 Å². The van der Waals surface area contributed by atoms with Gasteiger partial charge in [0.2, 0.25) is 10.0 Å². The van der Waals surface area contributed by atoms with E-state index in [-0.39, 0.29) is 11.7 Å². The molecule has 1 fully saturated rings. The lowest BCUT2D eigenvalue weighted by molar-refractivity contribution is 0.479. The molecule has 0 saturated heterocycles. The average molecular weight is 290 g/mol. The van der Waals surface area contributed by atoms with E-state index in [1.807, 2.05) is 0 Å². The molecule has 1 aliphatic carbocycles. The molecular weight excluding hydrogens is 274 g/mol. The van der Waals surface area contributed by atoms with E-state index in [1.54, 1.807) is 6.92 Å². The lowest BCUT2D eigenvalue weighted by Gasteiger charge is -2.14. The maximum atomic E-state index is 13.6. The van der Waals surface area contributed by atoms with Crippen LogP contribution in [0.2, 0.25) is 0 Å². The van der Waals surface area contributed by atoms with Gasteiger partial charge in [0.25, 0.3) is 0 Å². The number of rotatable bonds is 5. The Kier molecular flexibility index (Phi) is 3.78. The first kappa shape index (κ1) is 14.2. The van der Waals surface area contributed by atoms with Gasteiger partial charge in [0.1, 0.15) is 4.90 Å². The summed E-state index contributed by atoms with van der Waals surface area (Å²) in [4.78, 5) is -0.743. The van der Waals surface area contributed by atoms with Gasteiger partial charge >= 0.3 is 0 Å². The van der Waals surface area contributed by atoms with E-state index in [4.69, 9.17) is 5.73 Å². The number of halogens is 2. The highest BCUT2D eigenvalue weighted by atomic mass is 32.2. The molecule has 0 aliphatic heterocycles. The number of nitrogens with one attached hydrogen (secondary N) is 1. The SMILES string of the molecule is CC(CC1CC1)NS(=O)(=O)c1cc(N)cc(F)c1F. The van der Waals surface area contributed by atoms with Crippen molar-refractivity contribution in [3.8, 4) is 0 Å². The van der Waals surface area contributed by atoms with Gasteiger partial charge in [-0.2, -0.15) is 0 Å². The predicted octanol–water partition coefficient (Wildman–Crippen LogP) is 2.01. The first-order valence-electron chi connectivity index (χ1n) is 6.06. The molecule has 1 aromatic carbocycles. The van der Waals surface area contributed by atoms with Gasteiger partial charge in [-0.15, -0.1) is 0 Å². The first-order valence-corrected chi connectivity index (χ1v) is 7.55. The number of nitrogen functional groups attached to an aromatic ring is 1. The van der Waals surface area contributed by atoms with Gasteiger partial charge in [0, 0.05) is 11.7 Å². The van der Waals surface area contributed by atoms with Crippen molar-refractivity contribution < 1.29 is 17.2 Å². The number of nitrogens with two attached hydrogens (primary N) is 1. The van der Waals surface area contributed by atoms with Crippen molar-refractivity contribution in [3.05, 3.63) is 23.8 Å². The number of sulfonamides is 1. The summed E-state index contributed by atoms with van der Waals surface area (Å²) in [5, 5.41) is 0. The molecule has 0 heterocycles. The third-order valence-corrected chi connectivity index (χ3v) is 4.64. The zero-order valence-corrected chi connectivity index (χ0v) is 11.3. The lowest BCUT2D eigenvalue weighted by atomic mass is 10.2. The topological polar surface area (TPSA) is 72.2 Å². The Bertz CT molecular complexity index is 586. The smallest absolute Gasteiger partial charge is 0.243 e. The molecule has 1 saturated carbocycles. The minimum atomic E-state index is -4.10. The third kappa shape index (κ3) is 3.42. The first-order chi connectivity index (χ1) is 8.79. The summed E-state index contributed by atoms with van der Waals surface area (Å²) in [6.45, 7) is 1.70. The van der Waals surface area contributed by atoms with Crippen LogP contribution in [0, 0.1) is 17.6 Å². The van der Waals surface area contributed by atoms with Crippen LogP contribution in [-0.2, 0) is 10.0 Å². The molecule has 0 aromatic heterocycles. The molecule has 7 heteroatoms. The van der Waals surface area contributed by atoms with Crippen molar-refractivity contribution in [2.45, 2.75) is 37.1 Å². The molecule has 0 bridgehead atoms. The number of hydrogen-bond acceptors (Lipinski definition) is 3. The Labute approximate surface area is 111 Å². The Morgan fingerprint density at radius 3 is 2.63 bits per heavy atom. The van der Waals surface area contributed by atoms with Gasteiger partial charge in [0.05, 0.1) is 0 Å². The Morgan fingerprint density at radius 2 is 2.05 bits per heavy atom. The van der Waals surface area contributed by atoms with Crippen LogP contribution in [-0.4, -0.2) is 14.5 Å². The van der Waals surface area contributed by atoms with Crippen LogP contribution in [0.25, 0.3) is 0 Å². The zero-order valence-electron chi connectivity index (χ0n) is 10.5. The van der Waals surface area contributed by atoms with E-state index < -0.39 is 26.6 Å². The van der Waals surface area contributed by atoms with Crippen LogP contribution in [0.1, 0.15) is 26.2 Å². The molecule has 1 atom stereocenters. The van der Waals surface area contributed by atoms with Crippen molar-refractivity contribution in [1.82, 2.24) is 4.72 Å². The summed E-state index contributed by atoms with van der Waals surface area (Å²) in [6.07, 6.45) is 2.88. The van der Waals surface area contributed by atoms with E-state index in [1.165, 1.54) is 0 Å². The Morgan fingerprint density at radius 1 is 1.42 bits per heavy atom. The second-order valence-electron chi connectivity index (χ2n) is 5.02. The van der Waals surface area contributed by atoms with Crippen LogP contribution in [0.3, 0.4) is 0 Å². The van der Waals surface area contributed by atoms with Gasteiger partial charge in [-0.05, 0) is 31.4 Å². The second kappa shape index (κ2) is 5.05. The third-order valence-electron chi connectivity index (χ3n) is 3.05. The molecule has 1 unspecified atom stereocenters. The summed E-state index contributed by atoms with van der Waals surface area (Å²) in [6, 6.07) is 1.36. The minimum Gasteiger partial charge on any atom is -0.399 e. The van der Waals surface area contributed by atoms with Gasteiger partial charge in [0.15, 0.2) is 11.6 Å². The van der Waals surface area contributed by atoms with E-state index in [2.05, 4.69) is 4.72 Å².